The fourth-order valence-electron chi connectivity index (χ4n) is 3.68. The lowest BCUT2D eigenvalue weighted by molar-refractivity contribution is -0.0848. The van der Waals surface area contributed by atoms with Crippen LogP contribution in [-0.4, -0.2) is 6.18 Å². The number of hydrogen-bond acceptors (Lipinski definition) is 2. The minimum Gasteiger partial charge on any atom is -0.457 e. The Kier molecular flexibility index (Phi) is 5.45. The third-order valence-electron chi connectivity index (χ3n) is 5.29. The van der Waals surface area contributed by atoms with Gasteiger partial charge in [0.05, 0.1) is 12.0 Å². The second-order valence-corrected chi connectivity index (χ2v) is 7.89. The Morgan fingerprint density at radius 2 is 1.79 bits per heavy atom. The minimum absolute atomic E-state index is 0.263. The summed E-state index contributed by atoms with van der Waals surface area (Å²) in [6.07, 6.45) is -3.53. The van der Waals surface area contributed by atoms with Crippen molar-refractivity contribution in [1.82, 2.24) is 0 Å². The summed E-state index contributed by atoms with van der Waals surface area (Å²) in [7, 11) is 0. The number of nitrogens with zero attached hydrogens (tertiary/aromatic N) is 1. The van der Waals surface area contributed by atoms with Gasteiger partial charge in [0.1, 0.15) is 16.5 Å². The number of hydrogen-bond donors (Lipinski definition) is 0. The van der Waals surface area contributed by atoms with E-state index in [2.05, 4.69) is 6.07 Å². The van der Waals surface area contributed by atoms with E-state index in [1.54, 1.807) is 24.3 Å². The first-order chi connectivity index (χ1) is 13.1. The number of alkyl halides is 3. The van der Waals surface area contributed by atoms with Crippen LogP contribution in [0.4, 0.5) is 13.2 Å². The number of allylic oxidation sites excluding steroid dienone is 2. The van der Waals surface area contributed by atoms with Gasteiger partial charge in [0, 0.05) is 0 Å². The minimum atomic E-state index is -4.57. The number of ether oxygens (including phenoxy) is 1. The van der Waals surface area contributed by atoms with Crippen molar-refractivity contribution < 1.29 is 17.9 Å². The highest BCUT2D eigenvalue weighted by Crippen LogP contribution is 2.65. The number of para-hydroxylation sites is 1. The molecular weight excluding hydrogens is 387 g/mol. The Labute approximate surface area is 167 Å². The number of nitriles is 1. The number of benzene rings is 2. The van der Waals surface area contributed by atoms with Crippen LogP contribution in [-0.2, 0) is 0 Å². The molecule has 0 radical (unpaired) electrons. The summed E-state index contributed by atoms with van der Waals surface area (Å²) < 4.78 is 44.2. The summed E-state index contributed by atoms with van der Waals surface area (Å²) in [6.45, 7) is 3.71. The third-order valence-corrected chi connectivity index (χ3v) is 5.63. The van der Waals surface area contributed by atoms with E-state index in [0.717, 1.165) is 6.08 Å². The Bertz CT molecular complexity index is 915. The van der Waals surface area contributed by atoms with Crippen molar-refractivity contribution in [3.8, 4) is 17.6 Å². The van der Waals surface area contributed by atoms with Crippen LogP contribution in [0.3, 0.4) is 0 Å². The van der Waals surface area contributed by atoms with Gasteiger partial charge in [-0.2, -0.15) is 18.4 Å². The topological polar surface area (TPSA) is 33.0 Å². The van der Waals surface area contributed by atoms with Crippen molar-refractivity contribution in [3.05, 3.63) is 71.3 Å². The maximum atomic E-state index is 12.8. The fourth-order valence-corrected chi connectivity index (χ4v) is 3.82. The van der Waals surface area contributed by atoms with Gasteiger partial charge < -0.3 is 4.74 Å². The summed E-state index contributed by atoms with van der Waals surface area (Å²) in [6, 6.07) is 18.6. The van der Waals surface area contributed by atoms with Crippen molar-refractivity contribution in [1.29, 1.82) is 5.26 Å². The molecule has 1 aliphatic carbocycles. The van der Waals surface area contributed by atoms with E-state index in [1.807, 2.05) is 44.2 Å². The number of halogens is 4. The standard InChI is InChI=1S/C22H19ClF3NO/c1-21(2)18(12-19(23)22(24,25)26)20(21)17(13-27)14-7-6-10-16(11-14)28-15-8-4-3-5-9-15/h3-12,17-18,20H,1-2H3/b19-12-. The van der Waals surface area contributed by atoms with E-state index in [9.17, 15) is 18.4 Å². The monoisotopic (exact) mass is 405 g/mol. The molecule has 0 N–H and O–H groups in total. The van der Waals surface area contributed by atoms with Crippen molar-refractivity contribution in [2.45, 2.75) is 25.9 Å². The van der Waals surface area contributed by atoms with Gasteiger partial charge in [-0.1, -0.05) is 61.9 Å². The maximum absolute atomic E-state index is 12.8. The molecule has 0 bridgehead atoms. The Morgan fingerprint density at radius 3 is 2.39 bits per heavy atom. The molecular formula is C22H19ClF3NO. The van der Waals surface area contributed by atoms with Gasteiger partial charge in [-0.3, -0.25) is 0 Å². The van der Waals surface area contributed by atoms with Crippen molar-refractivity contribution in [3.63, 3.8) is 0 Å². The van der Waals surface area contributed by atoms with E-state index < -0.39 is 28.5 Å². The van der Waals surface area contributed by atoms with Gasteiger partial charge in [0.15, 0.2) is 0 Å². The van der Waals surface area contributed by atoms with Crippen LogP contribution in [0.15, 0.2) is 65.7 Å². The largest absolute Gasteiger partial charge is 0.457 e. The molecule has 1 aliphatic rings. The molecule has 0 amide bonds. The average molecular weight is 406 g/mol. The SMILES string of the molecule is CC1(C)C(/C=C(\Cl)C(F)(F)F)C1C(C#N)c1cccc(Oc2ccccc2)c1. The van der Waals surface area contributed by atoms with Gasteiger partial charge in [0.2, 0.25) is 0 Å². The zero-order valence-electron chi connectivity index (χ0n) is 15.4. The van der Waals surface area contributed by atoms with E-state index in [-0.39, 0.29) is 5.92 Å². The highest BCUT2D eigenvalue weighted by atomic mass is 35.5. The van der Waals surface area contributed by atoms with Gasteiger partial charge in [-0.25, -0.2) is 0 Å². The lowest BCUT2D eigenvalue weighted by atomic mass is 9.91. The zero-order valence-corrected chi connectivity index (χ0v) is 16.1. The van der Waals surface area contributed by atoms with Gasteiger partial charge >= 0.3 is 6.18 Å². The van der Waals surface area contributed by atoms with Crippen LogP contribution in [0.2, 0.25) is 0 Å². The van der Waals surface area contributed by atoms with Gasteiger partial charge in [-0.15, -0.1) is 0 Å². The quantitative estimate of drug-likeness (QED) is 0.534. The highest BCUT2D eigenvalue weighted by Gasteiger charge is 2.60. The molecule has 28 heavy (non-hydrogen) atoms. The third kappa shape index (κ3) is 4.18. The first kappa shape index (κ1) is 20.3. The molecule has 2 nitrogen and oxygen atoms in total. The van der Waals surface area contributed by atoms with Gasteiger partial charge in [-0.05, 0) is 47.1 Å². The second-order valence-electron chi connectivity index (χ2n) is 7.48. The maximum Gasteiger partial charge on any atom is 0.426 e. The summed E-state index contributed by atoms with van der Waals surface area (Å²) in [4.78, 5) is 0. The first-order valence-electron chi connectivity index (χ1n) is 8.81. The lowest BCUT2D eigenvalue weighted by Gasteiger charge is -2.13. The molecule has 0 heterocycles. The molecule has 2 aromatic carbocycles. The summed E-state index contributed by atoms with van der Waals surface area (Å²) >= 11 is 5.43. The molecule has 0 aromatic heterocycles. The molecule has 3 rings (SSSR count). The lowest BCUT2D eigenvalue weighted by Crippen LogP contribution is -2.07. The molecule has 1 saturated carbocycles. The molecule has 0 aliphatic heterocycles. The van der Waals surface area contributed by atoms with Crippen molar-refractivity contribution in [2.24, 2.45) is 17.3 Å². The first-order valence-corrected chi connectivity index (χ1v) is 9.19. The smallest absolute Gasteiger partial charge is 0.426 e. The van der Waals surface area contributed by atoms with Crippen LogP contribution >= 0.6 is 11.6 Å². The normalized spacial score (nSPS) is 22.2. The van der Waals surface area contributed by atoms with E-state index in [0.29, 0.717) is 17.1 Å². The van der Waals surface area contributed by atoms with Gasteiger partial charge in [0.25, 0.3) is 0 Å². The molecule has 3 atom stereocenters. The van der Waals surface area contributed by atoms with E-state index in [4.69, 9.17) is 16.3 Å². The highest BCUT2D eigenvalue weighted by molar-refractivity contribution is 6.30. The molecule has 3 unspecified atom stereocenters. The predicted molar refractivity (Wildman–Crippen MR) is 102 cm³/mol. The van der Waals surface area contributed by atoms with Crippen LogP contribution in [0, 0.1) is 28.6 Å². The summed E-state index contributed by atoms with van der Waals surface area (Å²) in [5.74, 6) is -0.0145. The molecule has 1 fully saturated rings. The Balaban J connectivity index is 1.84. The fraction of sp³-hybridized carbons (Fsp3) is 0.318. The van der Waals surface area contributed by atoms with Crippen molar-refractivity contribution >= 4 is 11.6 Å². The van der Waals surface area contributed by atoms with Crippen LogP contribution in [0.5, 0.6) is 11.5 Å². The zero-order chi connectivity index (χ0) is 20.5. The predicted octanol–water partition coefficient (Wildman–Crippen LogP) is 7.04. The molecule has 0 spiro atoms. The average Bonchev–Trinajstić information content (AvgIpc) is 3.16. The Hall–Kier alpha value is -2.45. The second kappa shape index (κ2) is 7.52. The molecule has 0 saturated heterocycles. The molecule has 146 valence electrons. The summed E-state index contributed by atoms with van der Waals surface area (Å²) in [5, 5.41) is 8.61. The number of rotatable bonds is 5. The summed E-state index contributed by atoms with van der Waals surface area (Å²) in [5.41, 5.74) is 0.260. The van der Waals surface area contributed by atoms with Crippen LogP contribution < -0.4 is 4.74 Å². The molecule has 6 heteroatoms. The van der Waals surface area contributed by atoms with E-state index in [1.165, 1.54) is 0 Å². The Morgan fingerprint density at radius 1 is 1.14 bits per heavy atom. The van der Waals surface area contributed by atoms with Crippen LogP contribution in [0.25, 0.3) is 0 Å². The van der Waals surface area contributed by atoms with Crippen LogP contribution in [0.1, 0.15) is 25.3 Å². The van der Waals surface area contributed by atoms with E-state index >= 15 is 0 Å². The van der Waals surface area contributed by atoms with Crippen molar-refractivity contribution in [2.75, 3.05) is 0 Å². The molecule has 2 aromatic rings.